The number of hydrogen-bond donors (Lipinski definition) is 6. The Kier molecular flexibility index (Phi) is 28.6. The molecule has 638 valence electrons. The van der Waals surface area contributed by atoms with Gasteiger partial charge in [-0.2, -0.15) is 0 Å². The van der Waals surface area contributed by atoms with Crippen LogP contribution in [-0.2, 0) is 88.4 Å². The molecule has 8 aliphatic heterocycles. The smallest absolute Gasteiger partial charge is 0.410 e. The normalized spacial score (nSPS) is 21.6. The maximum atomic E-state index is 12.3. The fourth-order valence-corrected chi connectivity index (χ4v) is 20.9. The number of nitrogens with two attached hydrogens (primary N) is 5. The molecule has 11 N–H and O–H groups in total. The Bertz CT molecular complexity index is 5220. The highest BCUT2D eigenvalue weighted by Crippen LogP contribution is 2.37. The fourth-order valence-electron chi connectivity index (χ4n) is 15.4. The van der Waals surface area contributed by atoms with Gasteiger partial charge in [0.05, 0.1) is 82.4 Å². The van der Waals surface area contributed by atoms with Gasteiger partial charge in [0.25, 0.3) is 50.1 Å². The summed E-state index contributed by atoms with van der Waals surface area (Å²) in [5.74, 6) is 3.43. The van der Waals surface area contributed by atoms with E-state index in [9.17, 15) is 51.7 Å². The molecule has 32 nitrogen and oxygen atoms in total. The van der Waals surface area contributed by atoms with Crippen LogP contribution in [0.15, 0.2) is 113 Å². The average Bonchev–Trinajstić information content (AvgIpc) is 0.802. The van der Waals surface area contributed by atoms with Crippen LogP contribution < -0.4 is 57.7 Å². The molecule has 5 aromatic carbocycles. The lowest BCUT2D eigenvalue weighted by Gasteiger charge is -2.34. The summed E-state index contributed by atoms with van der Waals surface area (Å²) in [7, 11) is -17.7. The molecule has 8 heterocycles. The highest BCUT2D eigenvalue weighted by molar-refractivity contribution is 7.90. The number of hydrogen-bond acceptors (Lipinski definition) is 25. The van der Waals surface area contributed by atoms with Gasteiger partial charge in [0.15, 0.2) is 0 Å². The standard InChI is InChI=1S/2C18H25N3O5S.C16H22N2O3S.C14H19N3O3S.C14H18N2O3S/c1-18(2,3)26-17(22)21-9-5-7-13(10-21)25-14-8-4-6-12-11-27(23,24)20-16(19)15(12)14;1-18(2,3)26-17(22)21-9-7-13(8-10-21)25-14-6-4-5-12-11-27(23,24)20-16(19)15(12)14;17-16-15-13(11-22(19,20)18-16)7-4-8-14(15)21-10-9-12-5-2-1-3-6-12;15-14-13-11(9-21(18,19)17-14)4-1-5-12(13)20-8-10-3-2-6-16-7-10;15-14-13-10(9-20(17,18)16-14)5-4-8-12(13)19-11-6-2-1-3-7-11/h4,6,8,13H,5,7,9-11H2,1-3H3,(H2,19,20);4-6,13H,7-11H2,1-3H3,(H2,19,20);4,7-8,12H,1-3,5-6,9-11H2,(H2,17,18);1,4-5,10,16H,2-3,6-9H2,(H2,15,17);4-5,8,11H,1-3,6-7,9H2,(H2,15,16)/t13-;;;;/m1..../s1. The van der Waals surface area contributed by atoms with Crippen LogP contribution in [0.3, 0.4) is 0 Å². The third-order valence-electron chi connectivity index (χ3n) is 20.7. The minimum atomic E-state index is -3.59. The highest BCUT2D eigenvalue weighted by Gasteiger charge is 2.36. The lowest BCUT2D eigenvalue weighted by Crippen LogP contribution is -2.46. The molecule has 0 aromatic heterocycles. The first-order valence-corrected chi connectivity index (χ1v) is 47.7. The lowest BCUT2D eigenvalue weighted by molar-refractivity contribution is 0.00757. The van der Waals surface area contributed by atoms with Crippen molar-refractivity contribution in [1.82, 2.24) is 15.1 Å². The van der Waals surface area contributed by atoms with Crippen LogP contribution in [0.1, 0.15) is 206 Å². The molecule has 3 saturated heterocycles. The molecule has 0 spiro atoms. The SMILES string of the molecule is CC(C)(C)OC(=O)N1CCC(Oc2cccc3c2C(N)=NS(=O)(=O)C3)CC1.CC(C)(C)OC(=O)N1CCC[C@@H](Oc2cccc3c2C(N)=NS(=O)(=O)C3)C1.NC1=NS(=O)(=O)Cc2cccc(OC3CCCCC3)c21.NC1=NS(=O)(=O)Cc2cccc(OCC3CCCNC3)c21.NC1=NS(=O)(=O)Cc2cccc(OCCC3CCCCC3)c21. The van der Waals surface area contributed by atoms with E-state index in [4.69, 9.17) is 61.8 Å². The summed E-state index contributed by atoms with van der Waals surface area (Å²) in [5, 5.41) is 3.35. The lowest BCUT2D eigenvalue weighted by atomic mass is 9.87. The van der Waals surface area contributed by atoms with Gasteiger partial charge >= 0.3 is 12.2 Å². The minimum Gasteiger partial charge on any atom is -0.493 e. The molecule has 10 aliphatic rings. The maximum absolute atomic E-state index is 12.3. The summed E-state index contributed by atoms with van der Waals surface area (Å²) in [6.45, 7) is 16.3. The van der Waals surface area contributed by atoms with Gasteiger partial charge in [-0.1, -0.05) is 99.2 Å². The molecule has 117 heavy (non-hydrogen) atoms. The molecule has 2 aliphatic carbocycles. The Morgan fingerprint density at radius 3 is 1.11 bits per heavy atom. The maximum Gasteiger partial charge on any atom is 0.410 e. The Morgan fingerprint density at radius 1 is 0.393 bits per heavy atom. The Morgan fingerprint density at radius 2 is 0.726 bits per heavy atom. The number of fused-ring (bicyclic) bond motifs is 5. The van der Waals surface area contributed by atoms with Crippen molar-refractivity contribution in [3.8, 4) is 28.7 Å². The third kappa shape index (κ3) is 25.1. The van der Waals surface area contributed by atoms with E-state index in [1.165, 1.54) is 51.4 Å². The number of amidine groups is 5. The number of likely N-dealkylation sites (tertiary alicyclic amines) is 2. The zero-order chi connectivity index (χ0) is 84.3. The third-order valence-corrected chi connectivity index (χ3v) is 26.4. The summed E-state index contributed by atoms with van der Waals surface area (Å²) < 4.78 is 176. The summed E-state index contributed by atoms with van der Waals surface area (Å²) in [6.07, 6.45) is 17.7. The summed E-state index contributed by atoms with van der Waals surface area (Å²) in [4.78, 5) is 27.8. The van der Waals surface area contributed by atoms with Crippen LogP contribution in [0, 0.1) is 11.8 Å². The van der Waals surface area contributed by atoms with Crippen LogP contribution in [0.2, 0.25) is 0 Å². The van der Waals surface area contributed by atoms with Gasteiger partial charge < -0.3 is 76.9 Å². The van der Waals surface area contributed by atoms with E-state index in [-0.39, 0.29) is 88.4 Å². The van der Waals surface area contributed by atoms with Crippen molar-refractivity contribution < 1.29 is 84.8 Å². The number of amides is 2. The van der Waals surface area contributed by atoms with Crippen LogP contribution in [-0.4, -0.2) is 175 Å². The summed E-state index contributed by atoms with van der Waals surface area (Å²) in [5.41, 5.74) is 34.2. The number of ether oxygens (including phenoxy) is 7. The van der Waals surface area contributed by atoms with Crippen LogP contribution in [0.5, 0.6) is 28.7 Å². The second-order valence-corrected chi connectivity index (χ2v) is 40.8. The van der Waals surface area contributed by atoms with E-state index in [0.29, 0.717) is 143 Å². The summed E-state index contributed by atoms with van der Waals surface area (Å²) >= 11 is 0. The van der Waals surface area contributed by atoms with Crippen molar-refractivity contribution in [3.05, 3.63) is 147 Å². The zero-order valence-corrected chi connectivity index (χ0v) is 71.2. The van der Waals surface area contributed by atoms with Gasteiger partial charge in [-0.05, 0) is 170 Å². The van der Waals surface area contributed by atoms with E-state index in [0.717, 1.165) is 64.0 Å². The van der Waals surface area contributed by atoms with Gasteiger partial charge in [0.1, 0.15) is 81.3 Å². The molecular formula is C80H109N13O19S5. The molecule has 37 heteroatoms. The zero-order valence-electron chi connectivity index (χ0n) is 67.1. The largest absolute Gasteiger partial charge is 0.493 e. The second kappa shape index (κ2) is 37.8. The number of rotatable bonds is 13. The number of nitrogens with one attached hydrogen (secondary N) is 1. The Labute approximate surface area is 686 Å². The predicted molar refractivity (Wildman–Crippen MR) is 447 cm³/mol. The molecule has 0 bridgehead atoms. The van der Waals surface area contributed by atoms with Crippen molar-refractivity contribution in [2.75, 3.05) is 52.5 Å². The van der Waals surface area contributed by atoms with E-state index >= 15 is 0 Å². The molecule has 2 atom stereocenters. The Hall–Kier alpha value is -9.30. The van der Waals surface area contributed by atoms with E-state index in [2.05, 4.69) is 27.3 Å². The van der Waals surface area contributed by atoms with Gasteiger partial charge in [0, 0.05) is 44.9 Å². The van der Waals surface area contributed by atoms with E-state index < -0.39 is 61.3 Å². The molecular weight excluding hydrogens is 1610 g/mol. The minimum absolute atomic E-state index is 0.0219. The first-order chi connectivity index (χ1) is 55.2. The molecule has 5 aromatic rings. The van der Waals surface area contributed by atoms with Crippen molar-refractivity contribution in [2.45, 2.75) is 209 Å². The van der Waals surface area contributed by atoms with Gasteiger partial charge in [-0.3, -0.25) is 0 Å². The van der Waals surface area contributed by atoms with Crippen molar-refractivity contribution in [3.63, 3.8) is 0 Å². The van der Waals surface area contributed by atoms with Gasteiger partial charge in [0.2, 0.25) is 0 Å². The number of carbonyl (C=O) groups excluding carboxylic acids is 2. The van der Waals surface area contributed by atoms with E-state index in [1.54, 1.807) is 70.5 Å². The number of nitrogens with zero attached hydrogens (tertiary/aromatic N) is 7. The number of benzene rings is 5. The molecule has 15 rings (SSSR count). The molecule has 5 fully saturated rings. The van der Waals surface area contributed by atoms with E-state index in [1.807, 2.05) is 71.9 Å². The van der Waals surface area contributed by atoms with Crippen LogP contribution in [0.25, 0.3) is 0 Å². The van der Waals surface area contributed by atoms with Gasteiger partial charge in [-0.15, -0.1) is 22.0 Å². The van der Waals surface area contributed by atoms with Crippen molar-refractivity contribution >= 4 is 91.5 Å². The summed E-state index contributed by atoms with van der Waals surface area (Å²) in [6, 6.07) is 26.6. The average molecular weight is 1720 g/mol. The van der Waals surface area contributed by atoms with Crippen LogP contribution >= 0.6 is 0 Å². The predicted octanol–water partition coefficient (Wildman–Crippen LogP) is 9.17. The van der Waals surface area contributed by atoms with Gasteiger partial charge in [-0.25, -0.2) is 51.7 Å². The Balaban J connectivity index is 0.000000144. The van der Waals surface area contributed by atoms with Crippen molar-refractivity contribution in [1.29, 1.82) is 0 Å². The number of carbonyl (C=O) groups is 2. The quantitative estimate of drug-likeness (QED) is 0.0639. The molecule has 2 saturated carbocycles. The first-order valence-electron chi connectivity index (χ1n) is 39.7. The number of sulfonamides is 5. The topological polar surface area (TPSA) is 480 Å². The molecule has 2 amide bonds. The van der Waals surface area contributed by atoms with Crippen LogP contribution in [0.4, 0.5) is 9.59 Å². The number of piperidine rings is 3. The van der Waals surface area contributed by atoms with Crippen molar-refractivity contribution in [2.24, 2.45) is 62.5 Å². The molecule has 1 unspecified atom stereocenters. The second-order valence-electron chi connectivity index (χ2n) is 32.6. The first kappa shape index (κ1) is 88.5. The fraction of sp³-hybridized carbons (Fsp3) is 0.537. The highest BCUT2D eigenvalue weighted by atomic mass is 32.2. The monoisotopic (exact) mass is 1720 g/mol. The molecule has 0 radical (unpaired) electrons.